The van der Waals surface area contributed by atoms with E-state index in [9.17, 15) is 0 Å². The molecule has 0 spiro atoms. The van der Waals surface area contributed by atoms with E-state index in [4.69, 9.17) is 0 Å². The van der Waals surface area contributed by atoms with Crippen molar-refractivity contribution in [2.75, 3.05) is 24.0 Å². The van der Waals surface area contributed by atoms with Gasteiger partial charge in [0.05, 0.1) is 5.39 Å². The van der Waals surface area contributed by atoms with Crippen molar-refractivity contribution < 1.29 is 0 Å². The fourth-order valence-corrected chi connectivity index (χ4v) is 4.83. The Morgan fingerprint density at radius 2 is 2.15 bits per heavy atom. The second-order valence-electron chi connectivity index (χ2n) is 5.50. The van der Waals surface area contributed by atoms with Crippen LogP contribution in [-0.4, -0.2) is 35.1 Å². The summed E-state index contributed by atoms with van der Waals surface area (Å²) in [5.74, 6) is 2.24. The van der Waals surface area contributed by atoms with Crippen LogP contribution in [0.3, 0.4) is 0 Å². The largest absolute Gasteiger partial charge is 0.355 e. The number of anilines is 1. The van der Waals surface area contributed by atoms with Gasteiger partial charge in [0.25, 0.3) is 0 Å². The topological polar surface area (TPSA) is 29.0 Å². The van der Waals surface area contributed by atoms with Gasteiger partial charge in [0.2, 0.25) is 0 Å². The lowest BCUT2D eigenvalue weighted by atomic mass is 9.97. The van der Waals surface area contributed by atoms with Crippen LogP contribution in [-0.2, 0) is 12.8 Å². The highest BCUT2D eigenvalue weighted by Gasteiger charge is 2.22. The standard InChI is InChI=1S/C15H21N3S2/c1-10(8-19-3)18(2)14-13-11-6-4-5-7-12(11)20-15(13)17-9-16-14/h9-10H,4-8H2,1-3H3. The molecule has 2 aromatic heterocycles. The lowest BCUT2D eigenvalue weighted by Gasteiger charge is -2.26. The predicted octanol–water partition coefficient (Wildman–Crippen LogP) is 3.76. The Balaban J connectivity index is 2.08. The monoisotopic (exact) mass is 307 g/mol. The van der Waals surface area contributed by atoms with Crippen molar-refractivity contribution in [1.29, 1.82) is 0 Å². The number of hydrogen-bond donors (Lipinski definition) is 0. The molecule has 0 bridgehead atoms. The second kappa shape index (κ2) is 5.90. The van der Waals surface area contributed by atoms with Gasteiger partial charge >= 0.3 is 0 Å². The first-order chi connectivity index (χ1) is 9.72. The van der Waals surface area contributed by atoms with Crippen molar-refractivity contribution in [2.24, 2.45) is 0 Å². The fraction of sp³-hybridized carbons (Fsp3) is 0.600. The third-order valence-corrected chi connectivity index (χ3v) is 6.15. The first kappa shape index (κ1) is 14.1. The molecule has 2 aromatic rings. The molecule has 3 nitrogen and oxygen atoms in total. The van der Waals surface area contributed by atoms with Gasteiger partial charge < -0.3 is 4.90 Å². The van der Waals surface area contributed by atoms with Gasteiger partial charge in [-0.1, -0.05) is 0 Å². The summed E-state index contributed by atoms with van der Waals surface area (Å²) in [6, 6.07) is 0.488. The minimum atomic E-state index is 0.488. The van der Waals surface area contributed by atoms with Gasteiger partial charge in [0.1, 0.15) is 17.0 Å². The predicted molar refractivity (Wildman–Crippen MR) is 90.3 cm³/mol. The Bertz CT molecular complexity index is 608. The summed E-state index contributed by atoms with van der Waals surface area (Å²) in [7, 11) is 2.16. The number of aryl methyl sites for hydroxylation is 2. The summed E-state index contributed by atoms with van der Waals surface area (Å²) in [5.41, 5.74) is 1.52. The van der Waals surface area contributed by atoms with E-state index in [0.717, 1.165) is 11.6 Å². The summed E-state index contributed by atoms with van der Waals surface area (Å²) < 4.78 is 0. The molecule has 1 atom stereocenters. The highest BCUT2D eigenvalue weighted by molar-refractivity contribution is 7.98. The second-order valence-corrected chi connectivity index (χ2v) is 7.50. The van der Waals surface area contributed by atoms with Crippen molar-refractivity contribution in [1.82, 2.24) is 9.97 Å². The molecule has 1 unspecified atom stereocenters. The molecule has 0 aromatic carbocycles. The molecule has 0 radical (unpaired) electrons. The number of nitrogens with zero attached hydrogens (tertiary/aromatic N) is 3. The number of aromatic nitrogens is 2. The third-order valence-electron chi connectivity index (χ3n) is 4.13. The van der Waals surface area contributed by atoms with Gasteiger partial charge in [-0.2, -0.15) is 11.8 Å². The molecule has 2 heterocycles. The number of fused-ring (bicyclic) bond motifs is 3. The maximum Gasteiger partial charge on any atom is 0.141 e. The normalized spacial score (nSPS) is 16.1. The van der Waals surface area contributed by atoms with Gasteiger partial charge in [-0.3, -0.25) is 0 Å². The molecule has 0 saturated carbocycles. The highest BCUT2D eigenvalue weighted by atomic mass is 32.2. The molecule has 1 aliphatic rings. The molecule has 0 saturated heterocycles. The van der Waals surface area contributed by atoms with Gasteiger partial charge in [-0.05, 0) is 44.4 Å². The van der Waals surface area contributed by atoms with Crippen LogP contribution in [0.25, 0.3) is 10.2 Å². The van der Waals surface area contributed by atoms with Crippen molar-refractivity contribution in [2.45, 2.75) is 38.6 Å². The van der Waals surface area contributed by atoms with Gasteiger partial charge in [0, 0.05) is 23.7 Å². The van der Waals surface area contributed by atoms with Crippen LogP contribution >= 0.6 is 23.1 Å². The van der Waals surface area contributed by atoms with Crippen LogP contribution in [0.5, 0.6) is 0 Å². The number of hydrogen-bond acceptors (Lipinski definition) is 5. The van der Waals surface area contributed by atoms with Crippen LogP contribution in [0.2, 0.25) is 0 Å². The zero-order valence-corrected chi connectivity index (χ0v) is 14.0. The van der Waals surface area contributed by atoms with E-state index in [2.05, 4.69) is 35.1 Å². The van der Waals surface area contributed by atoms with Gasteiger partial charge in [-0.15, -0.1) is 11.3 Å². The molecule has 0 fully saturated rings. The molecule has 0 amide bonds. The van der Waals surface area contributed by atoms with Crippen LogP contribution in [0, 0.1) is 0 Å². The van der Waals surface area contributed by atoms with Crippen molar-refractivity contribution in [3.05, 3.63) is 16.8 Å². The van der Waals surface area contributed by atoms with E-state index in [1.54, 1.807) is 11.2 Å². The zero-order chi connectivity index (χ0) is 14.1. The Morgan fingerprint density at radius 3 is 2.95 bits per heavy atom. The minimum absolute atomic E-state index is 0.488. The average molecular weight is 307 g/mol. The summed E-state index contributed by atoms with van der Waals surface area (Å²) in [6.45, 7) is 2.27. The van der Waals surface area contributed by atoms with E-state index in [0.29, 0.717) is 6.04 Å². The Kier molecular flexibility index (Phi) is 4.17. The van der Waals surface area contributed by atoms with Crippen LogP contribution in [0.15, 0.2) is 6.33 Å². The summed E-state index contributed by atoms with van der Waals surface area (Å²) in [6.07, 6.45) is 8.92. The molecule has 3 rings (SSSR count). The van der Waals surface area contributed by atoms with E-state index < -0.39 is 0 Å². The third kappa shape index (κ3) is 2.42. The minimum Gasteiger partial charge on any atom is -0.355 e. The van der Waals surface area contributed by atoms with E-state index in [-0.39, 0.29) is 0 Å². The van der Waals surface area contributed by atoms with E-state index in [1.165, 1.54) is 41.5 Å². The molecular weight excluding hydrogens is 286 g/mol. The van der Waals surface area contributed by atoms with Gasteiger partial charge in [-0.25, -0.2) is 9.97 Å². The van der Waals surface area contributed by atoms with E-state index in [1.807, 2.05) is 23.1 Å². The lowest BCUT2D eigenvalue weighted by Crippen LogP contribution is -2.31. The SMILES string of the molecule is CSCC(C)N(C)c1ncnc2sc3c(c12)CCCC3. The quantitative estimate of drug-likeness (QED) is 0.860. The Labute approximate surface area is 128 Å². The molecule has 20 heavy (non-hydrogen) atoms. The Hall–Kier alpha value is -0.810. The number of thiophene rings is 1. The first-order valence-corrected chi connectivity index (χ1v) is 9.40. The Morgan fingerprint density at radius 1 is 1.35 bits per heavy atom. The van der Waals surface area contributed by atoms with Gasteiger partial charge in [0.15, 0.2) is 0 Å². The maximum absolute atomic E-state index is 4.60. The zero-order valence-electron chi connectivity index (χ0n) is 12.3. The fourth-order valence-electron chi connectivity index (χ4n) is 2.90. The molecular formula is C15H21N3S2. The van der Waals surface area contributed by atoms with Crippen LogP contribution in [0.1, 0.15) is 30.2 Å². The summed E-state index contributed by atoms with van der Waals surface area (Å²) >= 11 is 3.76. The molecule has 1 aliphatic carbocycles. The first-order valence-electron chi connectivity index (χ1n) is 7.19. The molecule has 0 N–H and O–H groups in total. The van der Waals surface area contributed by atoms with Crippen molar-refractivity contribution >= 4 is 39.1 Å². The molecule has 0 aliphatic heterocycles. The highest BCUT2D eigenvalue weighted by Crippen LogP contribution is 2.39. The van der Waals surface area contributed by atoms with Crippen molar-refractivity contribution in [3.63, 3.8) is 0 Å². The maximum atomic E-state index is 4.60. The number of rotatable bonds is 4. The van der Waals surface area contributed by atoms with E-state index >= 15 is 0 Å². The molecule has 108 valence electrons. The lowest BCUT2D eigenvalue weighted by molar-refractivity contribution is 0.699. The van der Waals surface area contributed by atoms with Crippen LogP contribution in [0.4, 0.5) is 5.82 Å². The summed E-state index contributed by atoms with van der Waals surface area (Å²) in [5, 5.41) is 1.32. The van der Waals surface area contributed by atoms with Crippen LogP contribution < -0.4 is 4.90 Å². The average Bonchev–Trinajstić information content (AvgIpc) is 2.85. The summed E-state index contributed by atoms with van der Waals surface area (Å²) in [4.78, 5) is 14.1. The number of thioether (sulfide) groups is 1. The smallest absolute Gasteiger partial charge is 0.141 e. The molecule has 5 heteroatoms. The van der Waals surface area contributed by atoms with Crippen molar-refractivity contribution in [3.8, 4) is 0 Å².